The molecule has 2 unspecified atom stereocenters. The maximum Gasteiger partial charge on any atom is 0.238 e. The summed E-state index contributed by atoms with van der Waals surface area (Å²) in [4.78, 5) is 12.4. The number of hydrogen-bond acceptors (Lipinski definition) is 3. The fourth-order valence-electron chi connectivity index (χ4n) is 6.10. The van der Waals surface area contributed by atoms with Crippen LogP contribution in [0.3, 0.4) is 0 Å². The first-order chi connectivity index (χ1) is 12.4. The molecule has 1 aromatic carbocycles. The number of halogens is 1. The molecule has 5 rings (SSSR count). The SMILES string of the molecule is COc1ccc(C)cc1NC(=O)CNCC12CC3CC(CC(Cl)(C3)C1)C2. The van der Waals surface area contributed by atoms with E-state index in [1.54, 1.807) is 7.11 Å². The van der Waals surface area contributed by atoms with Crippen LogP contribution < -0.4 is 15.4 Å². The molecule has 0 spiro atoms. The second-order valence-corrected chi connectivity index (χ2v) is 9.77. The van der Waals surface area contributed by atoms with Crippen LogP contribution in [0.1, 0.15) is 44.1 Å². The molecule has 4 saturated carbocycles. The molecule has 0 saturated heterocycles. The third-order valence-electron chi connectivity index (χ3n) is 6.53. The molecule has 0 aliphatic heterocycles. The van der Waals surface area contributed by atoms with Gasteiger partial charge >= 0.3 is 0 Å². The summed E-state index contributed by atoms with van der Waals surface area (Å²) in [5.41, 5.74) is 2.12. The van der Waals surface area contributed by atoms with Crippen molar-refractivity contribution in [1.82, 2.24) is 5.32 Å². The Hall–Kier alpha value is -1.26. The van der Waals surface area contributed by atoms with Crippen LogP contribution in [-0.2, 0) is 4.79 Å². The highest BCUT2D eigenvalue weighted by Gasteiger charge is 2.56. The number of rotatable bonds is 6. The van der Waals surface area contributed by atoms with Crippen LogP contribution in [0.25, 0.3) is 0 Å². The molecular formula is C21H29ClN2O2. The molecular weight excluding hydrogens is 348 g/mol. The van der Waals surface area contributed by atoms with E-state index in [9.17, 15) is 4.79 Å². The van der Waals surface area contributed by atoms with Gasteiger partial charge in [-0.2, -0.15) is 0 Å². The first kappa shape index (κ1) is 18.1. The molecule has 4 fully saturated rings. The van der Waals surface area contributed by atoms with E-state index >= 15 is 0 Å². The Morgan fingerprint density at radius 1 is 1.27 bits per heavy atom. The molecule has 4 nitrogen and oxygen atoms in total. The average Bonchev–Trinajstić information content (AvgIpc) is 2.52. The molecule has 4 bridgehead atoms. The van der Waals surface area contributed by atoms with Crippen LogP contribution in [0.2, 0.25) is 0 Å². The number of aryl methyl sites for hydroxylation is 1. The summed E-state index contributed by atoms with van der Waals surface area (Å²) >= 11 is 6.90. The van der Waals surface area contributed by atoms with Gasteiger partial charge in [-0.25, -0.2) is 0 Å². The predicted octanol–water partition coefficient (Wildman–Crippen LogP) is 4.11. The van der Waals surface area contributed by atoms with Gasteiger partial charge in [0.25, 0.3) is 0 Å². The van der Waals surface area contributed by atoms with E-state index in [1.807, 2.05) is 25.1 Å². The minimum Gasteiger partial charge on any atom is -0.495 e. The van der Waals surface area contributed by atoms with E-state index < -0.39 is 0 Å². The molecule has 0 radical (unpaired) electrons. The monoisotopic (exact) mass is 376 g/mol. The maximum atomic E-state index is 12.4. The third-order valence-corrected chi connectivity index (χ3v) is 6.97. The van der Waals surface area contributed by atoms with Crippen LogP contribution in [-0.4, -0.2) is 31.0 Å². The number of carbonyl (C=O) groups excluding carboxylic acids is 1. The second-order valence-electron chi connectivity index (χ2n) is 8.97. The molecule has 4 aliphatic rings. The minimum atomic E-state index is -0.0285. The van der Waals surface area contributed by atoms with Gasteiger partial charge in [0, 0.05) is 11.4 Å². The third kappa shape index (κ3) is 3.59. The van der Waals surface area contributed by atoms with Crippen molar-refractivity contribution in [2.24, 2.45) is 17.3 Å². The summed E-state index contributed by atoms with van der Waals surface area (Å²) in [6.07, 6.45) is 7.41. The topological polar surface area (TPSA) is 50.4 Å². The molecule has 0 aromatic heterocycles. The van der Waals surface area contributed by atoms with Crippen LogP contribution in [0.4, 0.5) is 5.69 Å². The van der Waals surface area contributed by atoms with E-state index in [2.05, 4.69) is 10.6 Å². The van der Waals surface area contributed by atoms with E-state index in [0.717, 1.165) is 36.1 Å². The van der Waals surface area contributed by atoms with Gasteiger partial charge in [-0.15, -0.1) is 11.6 Å². The highest BCUT2D eigenvalue weighted by Crippen LogP contribution is 2.63. The van der Waals surface area contributed by atoms with Gasteiger partial charge in [-0.1, -0.05) is 6.07 Å². The van der Waals surface area contributed by atoms with E-state index in [1.165, 1.54) is 32.1 Å². The van der Waals surface area contributed by atoms with Crippen molar-refractivity contribution in [3.05, 3.63) is 23.8 Å². The summed E-state index contributed by atoms with van der Waals surface area (Å²) in [5.74, 6) is 2.25. The number of nitrogens with one attached hydrogen (secondary N) is 2. The van der Waals surface area contributed by atoms with Gasteiger partial charge in [0.1, 0.15) is 5.75 Å². The van der Waals surface area contributed by atoms with Gasteiger partial charge in [0.15, 0.2) is 0 Å². The highest BCUT2D eigenvalue weighted by molar-refractivity contribution is 6.24. The standard InChI is InChI=1S/C21H29ClN2O2/c1-14-3-4-18(26-2)17(5-14)24-19(25)11-23-13-20-7-15-6-16(8-20)10-21(22,9-15)12-20/h3-5,15-16,23H,6-13H2,1-2H3,(H,24,25). The molecule has 26 heavy (non-hydrogen) atoms. The Morgan fingerprint density at radius 2 is 2.00 bits per heavy atom. The first-order valence-corrected chi connectivity index (χ1v) is 10.1. The van der Waals surface area contributed by atoms with E-state index in [4.69, 9.17) is 16.3 Å². The predicted molar refractivity (Wildman–Crippen MR) is 105 cm³/mol. The zero-order valence-electron chi connectivity index (χ0n) is 15.7. The average molecular weight is 377 g/mol. The fraction of sp³-hybridized carbons (Fsp3) is 0.667. The lowest BCUT2D eigenvalue weighted by molar-refractivity contribution is -0.115. The summed E-state index contributed by atoms with van der Waals surface area (Å²) in [6.45, 7) is 3.22. The normalized spacial score (nSPS) is 34.7. The van der Waals surface area contributed by atoms with E-state index in [-0.39, 0.29) is 10.8 Å². The molecule has 2 atom stereocenters. The number of alkyl halides is 1. The molecule has 0 heterocycles. The summed E-state index contributed by atoms with van der Waals surface area (Å²) in [5, 5.41) is 6.39. The number of amides is 1. The lowest BCUT2D eigenvalue weighted by Gasteiger charge is -2.60. The molecule has 142 valence electrons. The van der Waals surface area contributed by atoms with Crippen LogP contribution in [0.5, 0.6) is 5.75 Å². The number of methoxy groups -OCH3 is 1. The van der Waals surface area contributed by atoms with Crippen molar-refractivity contribution in [3.63, 3.8) is 0 Å². The first-order valence-electron chi connectivity index (χ1n) is 9.73. The lowest BCUT2D eigenvalue weighted by Crippen LogP contribution is -2.56. The van der Waals surface area contributed by atoms with Crippen molar-refractivity contribution in [2.45, 2.75) is 50.3 Å². The van der Waals surface area contributed by atoms with Crippen molar-refractivity contribution < 1.29 is 9.53 Å². The quantitative estimate of drug-likeness (QED) is 0.734. The largest absolute Gasteiger partial charge is 0.495 e. The summed E-state index contributed by atoms with van der Waals surface area (Å²) < 4.78 is 5.33. The summed E-state index contributed by atoms with van der Waals surface area (Å²) in [7, 11) is 1.62. The van der Waals surface area contributed by atoms with Crippen LogP contribution in [0, 0.1) is 24.2 Å². The number of carbonyl (C=O) groups is 1. The smallest absolute Gasteiger partial charge is 0.238 e. The number of hydrogen-bond donors (Lipinski definition) is 2. The van der Waals surface area contributed by atoms with Gasteiger partial charge < -0.3 is 15.4 Å². The Morgan fingerprint density at radius 3 is 2.65 bits per heavy atom. The number of benzene rings is 1. The van der Waals surface area contributed by atoms with Crippen molar-refractivity contribution in [1.29, 1.82) is 0 Å². The van der Waals surface area contributed by atoms with Crippen molar-refractivity contribution >= 4 is 23.2 Å². The fourth-order valence-corrected chi connectivity index (χ4v) is 6.82. The Kier molecular flexibility index (Phi) is 4.68. The minimum absolute atomic E-state index is 0.0285. The molecule has 1 amide bonds. The van der Waals surface area contributed by atoms with Gasteiger partial charge in [-0.05, 0) is 80.4 Å². The van der Waals surface area contributed by atoms with Gasteiger partial charge in [-0.3, -0.25) is 4.79 Å². The lowest BCUT2D eigenvalue weighted by atomic mass is 9.49. The molecule has 4 aliphatic carbocycles. The van der Waals surface area contributed by atoms with Crippen LogP contribution >= 0.6 is 11.6 Å². The zero-order chi connectivity index (χ0) is 18.4. The van der Waals surface area contributed by atoms with Gasteiger partial charge in [0.05, 0.1) is 19.3 Å². The Labute approximate surface area is 161 Å². The number of anilines is 1. The highest BCUT2D eigenvalue weighted by atomic mass is 35.5. The maximum absolute atomic E-state index is 12.4. The Bertz CT molecular complexity index is 691. The number of ether oxygens (including phenoxy) is 1. The van der Waals surface area contributed by atoms with Crippen molar-refractivity contribution in [3.8, 4) is 5.75 Å². The van der Waals surface area contributed by atoms with Crippen LogP contribution in [0.15, 0.2) is 18.2 Å². The molecule has 2 N–H and O–H groups in total. The zero-order valence-corrected chi connectivity index (χ0v) is 16.5. The Balaban J connectivity index is 1.33. The second kappa shape index (κ2) is 6.72. The van der Waals surface area contributed by atoms with Gasteiger partial charge in [0.2, 0.25) is 5.91 Å². The summed E-state index contributed by atoms with van der Waals surface area (Å²) in [6, 6.07) is 5.79. The van der Waals surface area contributed by atoms with Crippen molar-refractivity contribution in [2.75, 3.05) is 25.5 Å². The molecule has 5 heteroatoms. The van der Waals surface area contributed by atoms with E-state index in [0.29, 0.717) is 17.7 Å². The molecule has 1 aromatic rings.